The van der Waals surface area contributed by atoms with Crippen molar-refractivity contribution in [2.45, 2.75) is 32.2 Å². The highest BCUT2D eigenvalue weighted by atomic mass is 35.5. The fourth-order valence-electron chi connectivity index (χ4n) is 4.89. The third-order valence-electron chi connectivity index (χ3n) is 6.48. The van der Waals surface area contributed by atoms with Gasteiger partial charge in [0.25, 0.3) is 0 Å². The van der Waals surface area contributed by atoms with Gasteiger partial charge in [0, 0.05) is 17.8 Å². The zero-order valence-corrected chi connectivity index (χ0v) is 19.5. The number of halogens is 1. The summed E-state index contributed by atoms with van der Waals surface area (Å²) in [6, 6.07) is 18.8. The molecular weight excluding hydrogens is 432 g/mol. The number of anilines is 1. The molecule has 0 amide bonds. The van der Waals surface area contributed by atoms with Crippen molar-refractivity contribution < 1.29 is 9.84 Å². The number of ether oxygens (including phenoxy) is 1. The summed E-state index contributed by atoms with van der Waals surface area (Å²) in [6.07, 6.45) is 7.50. The molecule has 0 unspecified atom stereocenters. The molecule has 5 rings (SSSR count). The van der Waals surface area contributed by atoms with E-state index in [9.17, 15) is 5.11 Å². The van der Waals surface area contributed by atoms with E-state index in [4.69, 9.17) is 16.3 Å². The van der Waals surface area contributed by atoms with E-state index in [1.807, 2.05) is 19.1 Å². The van der Waals surface area contributed by atoms with Gasteiger partial charge in [-0.25, -0.2) is 0 Å². The maximum Gasteiger partial charge on any atom is 0.176 e. The lowest BCUT2D eigenvalue weighted by molar-refractivity contribution is 0.318. The van der Waals surface area contributed by atoms with Gasteiger partial charge in [0.15, 0.2) is 11.5 Å². The van der Waals surface area contributed by atoms with Crippen molar-refractivity contribution in [3.8, 4) is 11.5 Å². The molecule has 2 aliphatic rings. The highest BCUT2D eigenvalue weighted by molar-refractivity contribution is 6.32. The summed E-state index contributed by atoms with van der Waals surface area (Å²) in [5, 5.41) is 14.1. The third kappa shape index (κ3) is 4.23. The average molecular weight is 459 g/mol. The van der Waals surface area contributed by atoms with Gasteiger partial charge in [-0.2, -0.15) is 0 Å². The topological polar surface area (TPSA) is 53.8 Å². The Hall–Kier alpha value is -3.24. The van der Waals surface area contributed by atoms with E-state index in [2.05, 4.69) is 59.7 Å². The van der Waals surface area contributed by atoms with Crippen LogP contribution in [0.5, 0.6) is 11.5 Å². The summed E-state index contributed by atoms with van der Waals surface area (Å²) in [5.74, 6) is 1.30. The summed E-state index contributed by atoms with van der Waals surface area (Å²) < 4.78 is 5.45. The Morgan fingerprint density at radius 2 is 1.97 bits per heavy atom. The first-order chi connectivity index (χ1) is 16.0. The zero-order valence-electron chi connectivity index (χ0n) is 18.8. The molecule has 0 saturated carbocycles. The van der Waals surface area contributed by atoms with Crippen LogP contribution in [0.4, 0.5) is 11.4 Å². The number of benzene rings is 3. The molecule has 33 heavy (non-hydrogen) atoms. The minimum Gasteiger partial charge on any atom is -0.503 e. The second-order valence-corrected chi connectivity index (χ2v) is 9.11. The van der Waals surface area contributed by atoms with Crippen LogP contribution in [-0.2, 0) is 0 Å². The second-order valence-electron chi connectivity index (χ2n) is 8.70. The Morgan fingerprint density at radius 3 is 2.76 bits per heavy atom. The predicted molar refractivity (Wildman–Crippen MR) is 136 cm³/mol. The number of nitrogens with zero attached hydrogens (tertiary/aromatic N) is 1. The number of aryl methyl sites for hydroxylation is 1. The van der Waals surface area contributed by atoms with Crippen LogP contribution in [0.2, 0.25) is 5.02 Å². The van der Waals surface area contributed by atoms with E-state index in [0.29, 0.717) is 24.2 Å². The van der Waals surface area contributed by atoms with Gasteiger partial charge in [0.1, 0.15) is 0 Å². The van der Waals surface area contributed by atoms with Crippen molar-refractivity contribution in [1.82, 2.24) is 0 Å². The number of hydrogen-bond acceptors (Lipinski definition) is 4. The summed E-state index contributed by atoms with van der Waals surface area (Å²) in [4.78, 5) is 4.59. The number of hydrogen-bond donors (Lipinski definition) is 2. The molecule has 2 N–H and O–H groups in total. The third-order valence-corrected chi connectivity index (χ3v) is 6.77. The Balaban J connectivity index is 1.37. The molecule has 3 aromatic rings. The predicted octanol–water partition coefficient (Wildman–Crippen LogP) is 7.33. The van der Waals surface area contributed by atoms with Crippen LogP contribution in [0.25, 0.3) is 0 Å². The highest BCUT2D eigenvalue weighted by Crippen LogP contribution is 2.50. The molecule has 0 radical (unpaired) electrons. The Labute approximate surface area is 199 Å². The average Bonchev–Trinajstić information content (AvgIpc) is 3.31. The molecule has 0 saturated heterocycles. The molecule has 3 atom stereocenters. The summed E-state index contributed by atoms with van der Waals surface area (Å²) in [7, 11) is 0. The van der Waals surface area contributed by atoms with Gasteiger partial charge in [0.05, 0.1) is 23.4 Å². The normalized spacial score (nSPS) is 21.0. The molecule has 3 aromatic carbocycles. The van der Waals surface area contributed by atoms with Crippen molar-refractivity contribution >= 4 is 29.2 Å². The number of nitrogens with one attached hydrogen (secondary N) is 1. The molecule has 0 bridgehead atoms. The number of allylic oxidation sites excluding steroid dienone is 2. The van der Waals surface area contributed by atoms with Crippen LogP contribution in [0.3, 0.4) is 0 Å². The van der Waals surface area contributed by atoms with E-state index in [-0.39, 0.29) is 16.8 Å². The van der Waals surface area contributed by atoms with Gasteiger partial charge in [-0.05, 0) is 73.2 Å². The van der Waals surface area contributed by atoms with E-state index in [1.165, 1.54) is 22.4 Å². The molecule has 1 aliphatic carbocycles. The molecule has 4 nitrogen and oxygen atoms in total. The molecular formula is C28H27ClN2O2. The number of phenols is 1. The zero-order chi connectivity index (χ0) is 22.9. The van der Waals surface area contributed by atoms with E-state index in [1.54, 1.807) is 18.3 Å². The van der Waals surface area contributed by atoms with Crippen molar-refractivity contribution in [3.05, 3.63) is 94.0 Å². The van der Waals surface area contributed by atoms with E-state index in [0.717, 1.165) is 17.7 Å². The van der Waals surface area contributed by atoms with E-state index >= 15 is 0 Å². The minimum atomic E-state index is -0.0450. The number of fused-ring (bicyclic) bond motifs is 3. The van der Waals surface area contributed by atoms with Crippen LogP contribution < -0.4 is 10.1 Å². The van der Waals surface area contributed by atoms with Crippen LogP contribution in [0.1, 0.15) is 47.6 Å². The SMILES string of the molecule is CCOc1cc(C=Nc2ccc([C@@H]3Nc4ccc(C)cc4[C@H]4C=CC[C@@H]43)cc2)cc(Cl)c1O. The molecule has 1 aliphatic heterocycles. The molecule has 0 fully saturated rings. The standard InChI is InChI=1S/C28H27ClN2O2/c1-3-33-26-15-18(14-24(29)28(26)32)16-30-20-10-8-19(9-11-20)27-22-6-4-5-21(22)23-13-17(2)7-12-25(23)31-27/h4-5,7-16,21-22,27,31-32H,3,6H2,1-2H3/t21-,22-,27-/m0/s1. The summed E-state index contributed by atoms with van der Waals surface area (Å²) in [5.41, 5.74) is 6.84. The lowest BCUT2D eigenvalue weighted by atomic mass is 9.76. The Bertz CT molecular complexity index is 1230. The molecule has 0 spiro atoms. The summed E-state index contributed by atoms with van der Waals surface area (Å²) >= 11 is 6.13. The Kier molecular flexibility index (Phi) is 5.86. The van der Waals surface area contributed by atoms with Gasteiger partial charge in [-0.3, -0.25) is 4.99 Å². The van der Waals surface area contributed by atoms with Crippen molar-refractivity contribution in [3.63, 3.8) is 0 Å². The summed E-state index contributed by atoms with van der Waals surface area (Å²) in [6.45, 7) is 4.46. The molecule has 0 aromatic heterocycles. The van der Waals surface area contributed by atoms with Crippen molar-refractivity contribution in [2.75, 3.05) is 11.9 Å². The van der Waals surface area contributed by atoms with Crippen LogP contribution in [0, 0.1) is 12.8 Å². The molecule has 168 valence electrons. The number of aliphatic imine (C=N–C) groups is 1. The van der Waals surface area contributed by atoms with Crippen LogP contribution in [0.15, 0.2) is 71.7 Å². The maximum absolute atomic E-state index is 10.0. The van der Waals surface area contributed by atoms with Gasteiger partial charge in [-0.1, -0.05) is 53.6 Å². The minimum absolute atomic E-state index is 0.0450. The van der Waals surface area contributed by atoms with Gasteiger partial charge >= 0.3 is 0 Å². The first kappa shape index (κ1) is 21.6. The fraction of sp³-hybridized carbons (Fsp3) is 0.250. The van der Waals surface area contributed by atoms with Crippen LogP contribution >= 0.6 is 11.6 Å². The second kappa shape index (κ2) is 8.95. The first-order valence-electron chi connectivity index (χ1n) is 11.4. The maximum atomic E-state index is 10.0. The lowest BCUT2D eigenvalue weighted by Crippen LogP contribution is -2.29. The van der Waals surface area contributed by atoms with Crippen molar-refractivity contribution in [1.29, 1.82) is 0 Å². The Morgan fingerprint density at radius 1 is 1.15 bits per heavy atom. The first-order valence-corrected chi connectivity index (χ1v) is 11.7. The number of aromatic hydroxyl groups is 1. The van der Waals surface area contributed by atoms with Gasteiger partial charge < -0.3 is 15.2 Å². The highest BCUT2D eigenvalue weighted by Gasteiger charge is 2.37. The van der Waals surface area contributed by atoms with Crippen LogP contribution in [-0.4, -0.2) is 17.9 Å². The van der Waals surface area contributed by atoms with Crippen molar-refractivity contribution in [2.24, 2.45) is 10.9 Å². The smallest absolute Gasteiger partial charge is 0.176 e. The quantitative estimate of drug-likeness (QED) is 0.311. The molecule has 1 heterocycles. The van der Waals surface area contributed by atoms with Gasteiger partial charge in [-0.15, -0.1) is 0 Å². The monoisotopic (exact) mass is 458 g/mol. The van der Waals surface area contributed by atoms with E-state index < -0.39 is 0 Å². The van der Waals surface area contributed by atoms with Gasteiger partial charge in [0.2, 0.25) is 0 Å². The molecule has 5 heteroatoms. The lowest BCUT2D eigenvalue weighted by Gasteiger charge is -2.37. The largest absolute Gasteiger partial charge is 0.503 e. The number of phenolic OH excluding ortho intramolecular Hbond substituents is 1. The fourth-order valence-corrected chi connectivity index (χ4v) is 5.11. The number of rotatable bonds is 5.